The smallest absolute Gasteiger partial charge is 0.234 e. The molecule has 0 aromatic heterocycles. The van der Waals surface area contributed by atoms with E-state index in [9.17, 15) is 9.59 Å². The number of nitrogens with zero attached hydrogens (tertiary/aromatic N) is 1. The zero-order valence-corrected chi connectivity index (χ0v) is 14.8. The first-order valence-electron chi connectivity index (χ1n) is 9.06. The van der Waals surface area contributed by atoms with Crippen LogP contribution in [0.1, 0.15) is 24.8 Å². The summed E-state index contributed by atoms with van der Waals surface area (Å²) in [5, 5.41) is 6.08. The quantitative estimate of drug-likeness (QED) is 0.805. The summed E-state index contributed by atoms with van der Waals surface area (Å²) in [5.74, 6) is 1.05. The molecule has 6 nitrogen and oxygen atoms in total. The summed E-state index contributed by atoms with van der Waals surface area (Å²) in [7, 11) is 1.65. The van der Waals surface area contributed by atoms with Crippen LogP contribution in [0.2, 0.25) is 0 Å². The van der Waals surface area contributed by atoms with Crippen LogP contribution < -0.4 is 15.4 Å². The number of likely N-dealkylation sites (tertiary alicyclic amines) is 1. The Morgan fingerprint density at radius 3 is 2.84 bits per heavy atom. The van der Waals surface area contributed by atoms with Crippen molar-refractivity contribution in [1.29, 1.82) is 0 Å². The molecule has 2 heterocycles. The number of amides is 2. The number of fused-ring (bicyclic) bond motifs is 3. The largest absolute Gasteiger partial charge is 0.497 e. The molecule has 0 radical (unpaired) electrons. The third kappa shape index (κ3) is 4.95. The maximum atomic E-state index is 12.2. The number of hydrogen-bond acceptors (Lipinski definition) is 4. The van der Waals surface area contributed by atoms with Crippen LogP contribution >= 0.6 is 0 Å². The highest BCUT2D eigenvalue weighted by Crippen LogP contribution is 2.21. The zero-order chi connectivity index (χ0) is 17.6. The standard InChI is InChI=1S/C19H27N3O3/c1-25-17-7-5-14(6-8-17)9-10-20-18(23)13-22-11-15-3-2-4-16(12-22)21-19(15)24/h5-8,15-16H,2-4,9-13H2,1H3,(H,20,23)(H,21,24)/t15-,16+/m1/s1. The molecule has 2 aliphatic heterocycles. The Morgan fingerprint density at radius 1 is 1.28 bits per heavy atom. The van der Waals surface area contributed by atoms with Gasteiger partial charge in [-0.05, 0) is 37.0 Å². The maximum Gasteiger partial charge on any atom is 0.234 e. The number of rotatable bonds is 6. The van der Waals surface area contributed by atoms with Crippen LogP contribution in [0.5, 0.6) is 5.75 Å². The molecule has 25 heavy (non-hydrogen) atoms. The first-order valence-corrected chi connectivity index (χ1v) is 9.06. The zero-order valence-electron chi connectivity index (χ0n) is 14.8. The minimum atomic E-state index is 0.0274. The predicted octanol–water partition coefficient (Wildman–Crippen LogP) is 0.954. The minimum Gasteiger partial charge on any atom is -0.497 e. The second-order valence-electron chi connectivity index (χ2n) is 6.98. The van der Waals surface area contributed by atoms with Crippen molar-refractivity contribution in [2.45, 2.75) is 31.7 Å². The third-order valence-corrected chi connectivity index (χ3v) is 5.04. The lowest BCUT2D eigenvalue weighted by Crippen LogP contribution is -2.43. The van der Waals surface area contributed by atoms with Crippen LogP contribution in [0, 0.1) is 5.92 Å². The number of ether oxygens (including phenoxy) is 1. The number of carbonyl (C=O) groups excluding carboxylic acids is 2. The Balaban J connectivity index is 1.43. The van der Waals surface area contributed by atoms with Crippen LogP contribution in [-0.4, -0.2) is 56.0 Å². The van der Waals surface area contributed by atoms with Gasteiger partial charge >= 0.3 is 0 Å². The minimum absolute atomic E-state index is 0.0274. The molecule has 0 saturated carbocycles. The fourth-order valence-corrected chi connectivity index (χ4v) is 3.67. The van der Waals surface area contributed by atoms with Crippen molar-refractivity contribution in [3.63, 3.8) is 0 Å². The second kappa shape index (κ2) is 8.34. The number of benzene rings is 1. The molecule has 2 N–H and O–H groups in total. The highest BCUT2D eigenvalue weighted by atomic mass is 16.5. The third-order valence-electron chi connectivity index (χ3n) is 5.04. The van der Waals surface area contributed by atoms with Crippen molar-refractivity contribution in [2.24, 2.45) is 5.92 Å². The fourth-order valence-electron chi connectivity index (χ4n) is 3.67. The van der Waals surface area contributed by atoms with Crippen molar-refractivity contribution in [3.05, 3.63) is 29.8 Å². The van der Waals surface area contributed by atoms with Gasteiger partial charge in [0.1, 0.15) is 5.75 Å². The first kappa shape index (κ1) is 17.7. The van der Waals surface area contributed by atoms with Gasteiger partial charge < -0.3 is 15.4 Å². The Kier molecular flexibility index (Phi) is 5.91. The van der Waals surface area contributed by atoms with E-state index >= 15 is 0 Å². The van der Waals surface area contributed by atoms with Gasteiger partial charge in [-0.1, -0.05) is 18.6 Å². The summed E-state index contributed by atoms with van der Waals surface area (Å²) in [6, 6.07) is 8.07. The molecule has 2 bridgehead atoms. The van der Waals surface area contributed by atoms with Crippen molar-refractivity contribution >= 4 is 11.8 Å². The number of nitrogens with one attached hydrogen (secondary N) is 2. The SMILES string of the molecule is COc1ccc(CCNC(=O)CN2C[C@@H]3CCC[C@H](C2)C(=O)N3)cc1. The van der Waals surface area contributed by atoms with Gasteiger partial charge in [0.15, 0.2) is 0 Å². The Morgan fingerprint density at radius 2 is 2.08 bits per heavy atom. The van der Waals surface area contributed by atoms with E-state index in [4.69, 9.17) is 4.74 Å². The lowest BCUT2D eigenvalue weighted by atomic mass is 9.99. The number of methoxy groups -OCH3 is 1. The highest BCUT2D eigenvalue weighted by molar-refractivity contribution is 5.80. The monoisotopic (exact) mass is 345 g/mol. The van der Waals surface area contributed by atoms with Crippen molar-refractivity contribution in [2.75, 3.05) is 33.3 Å². The van der Waals surface area contributed by atoms with Crippen LogP contribution in [0.15, 0.2) is 24.3 Å². The van der Waals surface area contributed by atoms with E-state index in [0.717, 1.165) is 38.0 Å². The summed E-state index contributed by atoms with van der Waals surface area (Å²) in [6.07, 6.45) is 3.83. The molecule has 2 atom stereocenters. The molecule has 2 saturated heterocycles. The van der Waals surface area contributed by atoms with E-state index in [-0.39, 0.29) is 23.8 Å². The van der Waals surface area contributed by atoms with Crippen molar-refractivity contribution in [3.8, 4) is 5.75 Å². The summed E-state index contributed by atoms with van der Waals surface area (Å²) in [4.78, 5) is 26.4. The van der Waals surface area contributed by atoms with Gasteiger partial charge in [0.2, 0.25) is 11.8 Å². The molecule has 0 spiro atoms. The van der Waals surface area contributed by atoms with E-state index in [1.165, 1.54) is 5.56 Å². The topological polar surface area (TPSA) is 70.7 Å². The lowest BCUT2D eigenvalue weighted by molar-refractivity contribution is -0.126. The summed E-state index contributed by atoms with van der Waals surface area (Å²) in [6.45, 7) is 2.44. The average molecular weight is 345 g/mol. The summed E-state index contributed by atoms with van der Waals surface area (Å²) >= 11 is 0. The summed E-state index contributed by atoms with van der Waals surface area (Å²) < 4.78 is 5.14. The average Bonchev–Trinajstić information content (AvgIpc) is 2.84. The van der Waals surface area contributed by atoms with Crippen LogP contribution in [0.25, 0.3) is 0 Å². The number of hydrogen-bond donors (Lipinski definition) is 2. The van der Waals surface area contributed by atoms with Gasteiger partial charge in [0, 0.05) is 25.7 Å². The van der Waals surface area contributed by atoms with Crippen LogP contribution in [-0.2, 0) is 16.0 Å². The van der Waals surface area contributed by atoms with Gasteiger partial charge in [0.05, 0.1) is 19.6 Å². The van der Waals surface area contributed by atoms with E-state index in [1.54, 1.807) is 7.11 Å². The number of carbonyl (C=O) groups is 2. The van der Waals surface area contributed by atoms with Crippen molar-refractivity contribution in [1.82, 2.24) is 15.5 Å². The van der Waals surface area contributed by atoms with Gasteiger partial charge in [-0.2, -0.15) is 0 Å². The molecule has 3 rings (SSSR count). The van der Waals surface area contributed by atoms with E-state index in [0.29, 0.717) is 19.6 Å². The Hall–Kier alpha value is -2.08. The molecule has 6 heteroatoms. The van der Waals surface area contributed by atoms with Crippen LogP contribution in [0.3, 0.4) is 0 Å². The normalized spacial score (nSPS) is 23.5. The second-order valence-corrected chi connectivity index (χ2v) is 6.98. The first-order chi connectivity index (χ1) is 12.1. The van der Waals surface area contributed by atoms with E-state index in [1.807, 2.05) is 24.3 Å². The predicted molar refractivity (Wildman–Crippen MR) is 95.4 cm³/mol. The molecular weight excluding hydrogens is 318 g/mol. The Labute approximate surface area is 148 Å². The lowest BCUT2D eigenvalue weighted by Gasteiger charge is -2.26. The maximum absolute atomic E-state index is 12.2. The molecule has 1 aromatic rings. The van der Waals surface area contributed by atoms with E-state index in [2.05, 4.69) is 15.5 Å². The van der Waals surface area contributed by atoms with Gasteiger partial charge in [-0.25, -0.2) is 0 Å². The molecule has 0 unspecified atom stereocenters. The highest BCUT2D eigenvalue weighted by Gasteiger charge is 2.32. The van der Waals surface area contributed by atoms with Gasteiger partial charge in [-0.3, -0.25) is 14.5 Å². The van der Waals surface area contributed by atoms with Gasteiger partial charge in [0.25, 0.3) is 0 Å². The summed E-state index contributed by atoms with van der Waals surface area (Å²) in [5.41, 5.74) is 1.17. The molecule has 2 fully saturated rings. The van der Waals surface area contributed by atoms with Crippen molar-refractivity contribution < 1.29 is 14.3 Å². The fraction of sp³-hybridized carbons (Fsp3) is 0.579. The van der Waals surface area contributed by atoms with Crippen LogP contribution in [0.4, 0.5) is 0 Å². The van der Waals surface area contributed by atoms with Gasteiger partial charge in [-0.15, -0.1) is 0 Å². The molecule has 136 valence electrons. The molecular formula is C19H27N3O3. The van der Waals surface area contributed by atoms with E-state index < -0.39 is 0 Å². The molecule has 1 aromatic carbocycles. The molecule has 2 aliphatic rings. The Bertz CT molecular complexity index is 602. The molecule has 2 amide bonds. The molecule has 0 aliphatic carbocycles.